The first-order valence-corrected chi connectivity index (χ1v) is 4.21. The van der Waals surface area contributed by atoms with Gasteiger partial charge < -0.3 is 15.2 Å². The van der Waals surface area contributed by atoms with Gasteiger partial charge in [-0.25, -0.2) is 0 Å². The van der Waals surface area contributed by atoms with Crippen LogP contribution in [0.15, 0.2) is 0 Å². The molecular formula is C8H13NO4. The minimum Gasteiger partial charge on any atom is -0.480 e. The van der Waals surface area contributed by atoms with Crippen molar-refractivity contribution in [3.8, 4) is 0 Å². The van der Waals surface area contributed by atoms with Crippen LogP contribution >= 0.6 is 0 Å². The Morgan fingerprint density at radius 3 is 2.77 bits per heavy atom. The van der Waals surface area contributed by atoms with Gasteiger partial charge >= 0.3 is 11.9 Å². The topological polar surface area (TPSA) is 75.6 Å². The maximum Gasteiger partial charge on any atom is 0.321 e. The molecule has 1 aliphatic heterocycles. The van der Waals surface area contributed by atoms with E-state index in [0.29, 0.717) is 13.0 Å². The van der Waals surface area contributed by atoms with Crippen LogP contribution in [0.5, 0.6) is 0 Å². The van der Waals surface area contributed by atoms with E-state index >= 15 is 0 Å². The van der Waals surface area contributed by atoms with Crippen molar-refractivity contribution in [2.24, 2.45) is 5.92 Å². The molecule has 1 heterocycles. The van der Waals surface area contributed by atoms with E-state index < -0.39 is 23.9 Å². The van der Waals surface area contributed by atoms with Crippen LogP contribution in [0.25, 0.3) is 0 Å². The van der Waals surface area contributed by atoms with E-state index in [9.17, 15) is 9.59 Å². The minimum absolute atomic E-state index is 0.445. The lowest BCUT2D eigenvalue weighted by Gasteiger charge is -2.27. The summed E-state index contributed by atoms with van der Waals surface area (Å²) in [4.78, 5) is 21.9. The van der Waals surface area contributed by atoms with E-state index in [2.05, 4.69) is 10.1 Å². The van der Waals surface area contributed by atoms with Gasteiger partial charge in [-0.05, 0) is 19.4 Å². The lowest BCUT2D eigenvalue weighted by molar-refractivity contribution is -0.154. The second-order valence-electron chi connectivity index (χ2n) is 3.04. The first-order chi connectivity index (χ1) is 6.16. The van der Waals surface area contributed by atoms with Crippen molar-refractivity contribution in [3.05, 3.63) is 0 Å². The molecule has 0 spiro atoms. The Morgan fingerprint density at radius 1 is 1.54 bits per heavy atom. The van der Waals surface area contributed by atoms with Crippen LogP contribution in [0, 0.1) is 5.92 Å². The zero-order chi connectivity index (χ0) is 9.84. The fraction of sp³-hybridized carbons (Fsp3) is 0.750. The molecule has 0 radical (unpaired) electrons. The molecule has 1 saturated heterocycles. The Labute approximate surface area is 76.1 Å². The van der Waals surface area contributed by atoms with Crippen molar-refractivity contribution in [1.29, 1.82) is 0 Å². The molecule has 0 bridgehead atoms. The van der Waals surface area contributed by atoms with E-state index in [1.54, 1.807) is 0 Å². The molecule has 0 unspecified atom stereocenters. The summed E-state index contributed by atoms with van der Waals surface area (Å²) in [7, 11) is 1.27. The highest BCUT2D eigenvalue weighted by molar-refractivity contribution is 5.83. The first kappa shape index (κ1) is 9.98. The normalized spacial score (nSPS) is 28.1. The Morgan fingerprint density at radius 2 is 2.23 bits per heavy atom. The summed E-state index contributed by atoms with van der Waals surface area (Å²) in [5, 5.41) is 11.6. The zero-order valence-electron chi connectivity index (χ0n) is 7.45. The molecule has 74 valence electrons. The first-order valence-electron chi connectivity index (χ1n) is 4.21. The number of carboxylic acids is 1. The number of hydrogen-bond donors (Lipinski definition) is 2. The smallest absolute Gasteiger partial charge is 0.321 e. The molecule has 1 fully saturated rings. The van der Waals surface area contributed by atoms with Crippen LogP contribution < -0.4 is 5.32 Å². The van der Waals surface area contributed by atoms with Crippen molar-refractivity contribution in [2.45, 2.75) is 18.9 Å². The number of aliphatic carboxylic acids is 1. The fourth-order valence-electron chi connectivity index (χ4n) is 1.55. The van der Waals surface area contributed by atoms with Gasteiger partial charge in [0, 0.05) is 0 Å². The van der Waals surface area contributed by atoms with Crippen LogP contribution in [-0.4, -0.2) is 36.7 Å². The Bertz CT molecular complexity index is 216. The molecule has 0 aromatic rings. The molecular weight excluding hydrogens is 174 g/mol. The van der Waals surface area contributed by atoms with Crippen molar-refractivity contribution >= 4 is 11.9 Å². The number of nitrogens with one attached hydrogen (secondary N) is 1. The second-order valence-corrected chi connectivity index (χ2v) is 3.04. The van der Waals surface area contributed by atoms with Crippen molar-refractivity contribution in [2.75, 3.05) is 13.7 Å². The number of piperidine rings is 1. The van der Waals surface area contributed by atoms with E-state index in [1.165, 1.54) is 7.11 Å². The molecule has 0 amide bonds. The van der Waals surface area contributed by atoms with E-state index in [4.69, 9.17) is 5.11 Å². The van der Waals surface area contributed by atoms with Gasteiger partial charge in [-0.3, -0.25) is 9.59 Å². The highest BCUT2D eigenvalue weighted by Gasteiger charge is 2.36. The van der Waals surface area contributed by atoms with Crippen molar-refractivity contribution in [3.63, 3.8) is 0 Å². The predicted molar refractivity (Wildman–Crippen MR) is 44.2 cm³/mol. The second kappa shape index (κ2) is 4.23. The number of carbonyl (C=O) groups is 2. The van der Waals surface area contributed by atoms with Gasteiger partial charge in [-0.1, -0.05) is 0 Å². The Kier molecular flexibility index (Phi) is 3.25. The summed E-state index contributed by atoms with van der Waals surface area (Å²) in [5.74, 6) is -1.98. The summed E-state index contributed by atoms with van der Waals surface area (Å²) < 4.78 is 4.53. The molecule has 13 heavy (non-hydrogen) atoms. The molecule has 0 aliphatic carbocycles. The van der Waals surface area contributed by atoms with Gasteiger partial charge in [0.25, 0.3) is 0 Å². The lowest BCUT2D eigenvalue weighted by Crippen LogP contribution is -2.49. The summed E-state index contributed by atoms with van der Waals surface area (Å²) in [5.41, 5.74) is 0. The summed E-state index contributed by atoms with van der Waals surface area (Å²) in [6.45, 7) is 0.643. The number of ether oxygens (including phenoxy) is 1. The third-order valence-corrected chi connectivity index (χ3v) is 2.23. The number of carbonyl (C=O) groups excluding carboxylic acids is 1. The summed E-state index contributed by atoms with van der Waals surface area (Å²) in [6, 6.07) is -0.791. The van der Waals surface area contributed by atoms with Gasteiger partial charge in [-0.2, -0.15) is 0 Å². The van der Waals surface area contributed by atoms with Crippen molar-refractivity contribution in [1.82, 2.24) is 5.32 Å². The largest absolute Gasteiger partial charge is 0.480 e. The molecule has 0 saturated carbocycles. The summed E-state index contributed by atoms with van der Waals surface area (Å²) >= 11 is 0. The van der Waals surface area contributed by atoms with Gasteiger partial charge in [0.05, 0.1) is 13.0 Å². The fourth-order valence-corrected chi connectivity index (χ4v) is 1.55. The van der Waals surface area contributed by atoms with Gasteiger partial charge in [-0.15, -0.1) is 0 Å². The number of hydrogen-bond acceptors (Lipinski definition) is 4. The Hall–Kier alpha value is -1.10. The van der Waals surface area contributed by atoms with E-state index in [1.807, 2.05) is 0 Å². The molecule has 1 rings (SSSR count). The molecule has 0 aromatic heterocycles. The van der Waals surface area contributed by atoms with Gasteiger partial charge in [0.2, 0.25) is 0 Å². The molecule has 1 aliphatic rings. The monoisotopic (exact) mass is 187 g/mol. The number of methoxy groups -OCH3 is 1. The lowest BCUT2D eigenvalue weighted by atomic mass is 9.91. The number of esters is 1. The predicted octanol–water partition coefficient (Wildman–Crippen LogP) is -0.388. The summed E-state index contributed by atoms with van der Waals surface area (Å²) in [6.07, 6.45) is 1.39. The van der Waals surface area contributed by atoms with Crippen LogP contribution in [0.2, 0.25) is 0 Å². The standard InChI is InChI=1S/C8H13NO4/c1-13-8(12)5-3-2-4-9-6(5)7(10)11/h5-6,9H,2-4H2,1H3,(H,10,11)/t5-,6+/m0/s1. The Balaban J connectivity index is 2.67. The molecule has 5 nitrogen and oxygen atoms in total. The van der Waals surface area contributed by atoms with E-state index in [-0.39, 0.29) is 0 Å². The molecule has 2 atom stereocenters. The SMILES string of the molecule is COC(=O)[C@H]1CCCN[C@H]1C(=O)O. The highest BCUT2D eigenvalue weighted by Crippen LogP contribution is 2.17. The highest BCUT2D eigenvalue weighted by atomic mass is 16.5. The molecule has 0 aromatic carbocycles. The van der Waals surface area contributed by atoms with E-state index in [0.717, 1.165) is 6.42 Å². The quantitative estimate of drug-likeness (QED) is 0.576. The third-order valence-electron chi connectivity index (χ3n) is 2.23. The van der Waals surface area contributed by atoms with Crippen LogP contribution in [0.4, 0.5) is 0 Å². The zero-order valence-corrected chi connectivity index (χ0v) is 7.45. The molecule has 2 N–H and O–H groups in total. The van der Waals surface area contributed by atoms with Crippen LogP contribution in [0.1, 0.15) is 12.8 Å². The average molecular weight is 187 g/mol. The van der Waals surface area contributed by atoms with Crippen LogP contribution in [-0.2, 0) is 14.3 Å². The number of rotatable bonds is 2. The minimum atomic E-state index is -0.991. The van der Waals surface area contributed by atoms with Crippen LogP contribution in [0.3, 0.4) is 0 Å². The molecule has 5 heteroatoms. The average Bonchev–Trinajstić information content (AvgIpc) is 2.16. The third kappa shape index (κ3) is 2.18. The van der Waals surface area contributed by atoms with Crippen molar-refractivity contribution < 1.29 is 19.4 Å². The maximum atomic E-state index is 11.2. The maximum absolute atomic E-state index is 11.2. The van der Waals surface area contributed by atoms with Gasteiger partial charge in [0.15, 0.2) is 0 Å². The van der Waals surface area contributed by atoms with Gasteiger partial charge in [0.1, 0.15) is 6.04 Å². The number of carboxylic acid groups (broad SMARTS) is 1.